The van der Waals surface area contributed by atoms with Crippen molar-refractivity contribution in [2.24, 2.45) is 0 Å². The summed E-state index contributed by atoms with van der Waals surface area (Å²) in [7, 11) is -6.99. The van der Waals surface area contributed by atoms with Crippen LogP contribution in [0.15, 0.2) is 77.7 Å². The van der Waals surface area contributed by atoms with Crippen molar-refractivity contribution >= 4 is 43.0 Å². The second-order valence-corrected chi connectivity index (χ2v) is 11.4. The molecule has 0 spiro atoms. The van der Waals surface area contributed by atoms with Gasteiger partial charge in [0.05, 0.1) is 16.3 Å². The van der Waals surface area contributed by atoms with Crippen LogP contribution in [0.2, 0.25) is 0 Å². The first-order chi connectivity index (χ1) is 15.6. The highest BCUT2D eigenvalue weighted by atomic mass is 32.2. The molecule has 1 saturated heterocycles. The molecular formula is C23H23N3O5S2. The summed E-state index contributed by atoms with van der Waals surface area (Å²) in [6.45, 7) is 2.32. The van der Waals surface area contributed by atoms with Gasteiger partial charge in [-0.05, 0) is 74.0 Å². The van der Waals surface area contributed by atoms with E-state index in [0.29, 0.717) is 35.6 Å². The number of nitrogens with zero attached hydrogens (tertiary/aromatic N) is 1. The maximum Gasteiger partial charge on any atom is 0.261 e. The molecule has 33 heavy (non-hydrogen) atoms. The van der Waals surface area contributed by atoms with E-state index in [9.17, 15) is 21.6 Å². The van der Waals surface area contributed by atoms with Crippen molar-refractivity contribution in [2.75, 3.05) is 26.6 Å². The van der Waals surface area contributed by atoms with E-state index in [-0.39, 0.29) is 16.6 Å². The van der Waals surface area contributed by atoms with Gasteiger partial charge in [0.15, 0.2) is 0 Å². The number of hydrogen-bond acceptors (Lipinski definition) is 5. The van der Waals surface area contributed by atoms with Gasteiger partial charge in [0.1, 0.15) is 0 Å². The summed E-state index contributed by atoms with van der Waals surface area (Å²) in [5.41, 5.74) is 2.73. The Kier molecular flexibility index (Phi) is 6.13. The molecule has 1 heterocycles. The molecule has 1 fully saturated rings. The normalized spacial score (nSPS) is 15.2. The molecule has 0 aromatic heterocycles. The van der Waals surface area contributed by atoms with Crippen LogP contribution in [0.5, 0.6) is 0 Å². The van der Waals surface area contributed by atoms with Crippen LogP contribution in [-0.2, 0) is 20.0 Å². The number of hydrogen-bond donors (Lipinski definition) is 2. The average molecular weight is 486 g/mol. The van der Waals surface area contributed by atoms with Crippen molar-refractivity contribution in [1.29, 1.82) is 0 Å². The Morgan fingerprint density at radius 3 is 2.06 bits per heavy atom. The molecule has 0 radical (unpaired) electrons. The van der Waals surface area contributed by atoms with Crippen LogP contribution in [0, 0.1) is 6.92 Å². The van der Waals surface area contributed by atoms with E-state index in [2.05, 4.69) is 10.0 Å². The lowest BCUT2D eigenvalue weighted by atomic mass is 10.2. The predicted molar refractivity (Wildman–Crippen MR) is 129 cm³/mol. The van der Waals surface area contributed by atoms with Crippen LogP contribution in [0.4, 0.5) is 17.1 Å². The van der Waals surface area contributed by atoms with Crippen molar-refractivity contribution in [3.05, 3.63) is 83.9 Å². The van der Waals surface area contributed by atoms with Gasteiger partial charge in [-0.3, -0.25) is 13.8 Å². The van der Waals surface area contributed by atoms with Crippen LogP contribution < -0.4 is 14.3 Å². The smallest absolute Gasteiger partial charge is 0.261 e. The van der Waals surface area contributed by atoms with Gasteiger partial charge in [0, 0.05) is 23.5 Å². The molecule has 1 aliphatic heterocycles. The minimum atomic E-state index is -3.71. The number of aryl methyl sites for hydroxylation is 1. The van der Waals surface area contributed by atoms with E-state index < -0.39 is 20.0 Å². The lowest BCUT2D eigenvalue weighted by Crippen LogP contribution is -2.25. The highest BCUT2D eigenvalue weighted by Crippen LogP contribution is 2.25. The molecule has 0 aliphatic carbocycles. The first kappa shape index (κ1) is 22.8. The maximum absolute atomic E-state index is 12.5. The van der Waals surface area contributed by atoms with Crippen molar-refractivity contribution < 1.29 is 21.6 Å². The Morgan fingerprint density at radius 1 is 0.879 bits per heavy atom. The molecule has 2 N–H and O–H groups in total. The number of carbonyl (C=O) groups excluding carboxylic acids is 1. The van der Waals surface area contributed by atoms with Gasteiger partial charge in [0.2, 0.25) is 10.0 Å². The molecule has 0 atom stereocenters. The summed E-state index contributed by atoms with van der Waals surface area (Å²) >= 11 is 0. The first-order valence-corrected chi connectivity index (χ1v) is 13.3. The predicted octanol–water partition coefficient (Wildman–Crippen LogP) is 3.59. The van der Waals surface area contributed by atoms with E-state index in [1.165, 1.54) is 16.4 Å². The molecule has 1 amide bonds. The quantitative estimate of drug-likeness (QED) is 0.554. The molecular weight excluding hydrogens is 462 g/mol. The maximum atomic E-state index is 12.5. The van der Waals surface area contributed by atoms with Crippen molar-refractivity contribution in [1.82, 2.24) is 0 Å². The Labute approximate surface area is 193 Å². The molecule has 1 aliphatic rings. The van der Waals surface area contributed by atoms with E-state index in [4.69, 9.17) is 0 Å². The molecule has 172 valence electrons. The molecule has 4 rings (SSSR count). The molecule has 3 aromatic carbocycles. The van der Waals surface area contributed by atoms with Gasteiger partial charge < -0.3 is 5.32 Å². The fourth-order valence-corrected chi connectivity index (χ4v) is 6.09. The Morgan fingerprint density at radius 2 is 1.48 bits per heavy atom. The molecule has 0 saturated carbocycles. The number of nitrogens with one attached hydrogen (secondary N) is 2. The lowest BCUT2D eigenvalue weighted by molar-refractivity contribution is 0.102. The van der Waals surface area contributed by atoms with Crippen molar-refractivity contribution in [2.45, 2.75) is 18.2 Å². The van der Waals surface area contributed by atoms with E-state index in [1.807, 2.05) is 6.92 Å². The van der Waals surface area contributed by atoms with Gasteiger partial charge in [-0.15, -0.1) is 0 Å². The number of amides is 1. The molecule has 3 aromatic rings. The SMILES string of the molecule is Cc1ccc(S(=O)(=O)Nc2ccc(NC(=O)c3ccc(N4CCCS4(=O)=O)cc3)cc2)cc1. The summed E-state index contributed by atoms with van der Waals surface area (Å²) in [4.78, 5) is 12.7. The average Bonchev–Trinajstić information content (AvgIpc) is 3.14. The van der Waals surface area contributed by atoms with Gasteiger partial charge in [0.25, 0.3) is 15.9 Å². The van der Waals surface area contributed by atoms with Crippen LogP contribution in [-0.4, -0.2) is 35.0 Å². The summed E-state index contributed by atoms with van der Waals surface area (Å²) in [6.07, 6.45) is 0.585. The highest BCUT2D eigenvalue weighted by Gasteiger charge is 2.28. The largest absolute Gasteiger partial charge is 0.322 e. The summed E-state index contributed by atoms with van der Waals surface area (Å²) in [6, 6.07) is 19.2. The fourth-order valence-electron chi connectivity index (χ4n) is 3.46. The van der Waals surface area contributed by atoms with E-state index in [0.717, 1.165) is 5.56 Å². The molecule has 0 bridgehead atoms. The zero-order valence-electron chi connectivity index (χ0n) is 17.9. The summed E-state index contributed by atoms with van der Waals surface area (Å²) in [5.74, 6) is -0.231. The topological polar surface area (TPSA) is 113 Å². The van der Waals surface area contributed by atoms with Gasteiger partial charge in [-0.2, -0.15) is 0 Å². The van der Waals surface area contributed by atoms with Crippen LogP contribution in [0.3, 0.4) is 0 Å². The van der Waals surface area contributed by atoms with Crippen LogP contribution in [0.25, 0.3) is 0 Å². The summed E-state index contributed by atoms with van der Waals surface area (Å²) in [5, 5.41) is 2.74. The Bertz CT molecular complexity index is 1370. The van der Waals surface area contributed by atoms with Crippen LogP contribution in [0.1, 0.15) is 22.3 Å². The lowest BCUT2D eigenvalue weighted by Gasteiger charge is -2.17. The number of rotatable bonds is 6. The fraction of sp³-hybridized carbons (Fsp3) is 0.174. The van der Waals surface area contributed by atoms with E-state index >= 15 is 0 Å². The zero-order chi connectivity index (χ0) is 23.6. The highest BCUT2D eigenvalue weighted by molar-refractivity contribution is 7.93. The van der Waals surface area contributed by atoms with Crippen molar-refractivity contribution in [3.63, 3.8) is 0 Å². The number of anilines is 3. The molecule has 8 nitrogen and oxygen atoms in total. The van der Waals surface area contributed by atoms with Gasteiger partial charge >= 0.3 is 0 Å². The third-order valence-corrected chi connectivity index (χ3v) is 8.51. The molecule has 10 heteroatoms. The third-order valence-electron chi connectivity index (χ3n) is 5.24. The Hall–Kier alpha value is -3.37. The minimum Gasteiger partial charge on any atom is -0.322 e. The van der Waals surface area contributed by atoms with E-state index in [1.54, 1.807) is 60.7 Å². The number of carbonyl (C=O) groups is 1. The molecule has 0 unspecified atom stereocenters. The third kappa shape index (κ3) is 5.18. The monoisotopic (exact) mass is 485 g/mol. The minimum absolute atomic E-state index is 0.131. The van der Waals surface area contributed by atoms with Crippen LogP contribution >= 0.6 is 0 Å². The standard InChI is InChI=1S/C23H23N3O5S2/c1-17-3-13-22(14-4-17)33(30,31)25-20-9-7-19(8-10-20)24-23(27)18-5-11-21(12-6-18)26-15-2-16-32(26,28)29/h3-14,25H,2,15-16H2,1H3,(H,24,27). The Balaban J connectivity index is 1.40. The first-order valence-electron chi connectivity index (χ1n) is 10.3. The second-order valence-electron chi connectivity index (χ2n) is 7.74. The van der Waals surface area contributed by atoms with Gasteiger partial charge in [-0.1, -0.05) is 17.7 Å². The zero-order valence-corrected chi connectivity index (χ0v) is 19.5. The number of sulfonamides is 2. The van der Waals surface area contributed by atoms with Gasteiger partial charge in [-0.25, -0.2) is 16.8 Å². The summed E-state index contributed by atoms with van der Waals surface area (Å²) < 4.78 is 52.9. The second kappa shape index (κ2) is 8.87. The van der Waals surface area contributed by atoms with Crippen molar-refractivity contribution in [3.8, 4) is 0 Å². The number of benzene rings is 3.